The average molecular weight is 389 g/mol. The topological polar surface area (TPSA) is 21.3 Å². The zero-order chi connectivity index (χ0) is 13.8. The lowest BCUT2D eigenvalue weighted by molar-refractivity contribution is 0.473. The number of nitrogens with one attached hydrogen (secondary N) is 1. The van der Waals surface area contributed by atoms with Gasteiger partial charge in [0.25, 0.3) is 0 Å². The standard InChI is InChI=1S/C14H12Br2FNO/c1-18-8-9-2-3-14(13(16)4-9)19-12-6-10(15)5-11(17)7-12/h2-7,18H,8H2,1H3. The predicted octanol–water partition coefficient (Wildman–Crippen LogP) is 4.86. The number of hydrogen-bond acceptors (Lipinski definition) is 2. The van der Waals surface area contributed by atoms with Gasteiger partial charge in [0.2, 0.25) is 0 Å². The molecule has 0 atom stereocenters. The summed E-state index contributed by atoms with van der Waals surface area (Å²) in [4.78, 5) is 0. The van der Waals surface area contributed by atoms with E-state index in [9.17, 15) is 4.39 Å². The minimum atomic E-state index is -0.340. The van der Waals surface area contributed by atoms with E-state index in [0.29, 0.717) is 16.0 Å². The van der Waals surface area contributed by atoms with E-state index in [2.05, 4.69) is 37.2 Å². The molecule has 0 saturated carbocycles. The maximum atomic E-state index is 13.3. The highest BCUT2D eigenvalue weighted by Gasteiger charge is 2.06. The SMILES string of the molecule is CNCc1ccc(Oc2cc(F)cc(Br)c2)c(Br)c1. The molecule has 0 aromatic heterocycles. The summed E-state index contributed by atoms with van der Waals surface area (Å²) in [6.45, 7) is 0.782. The van der Waals surface area contributed by atoms with E-state index >= 15 is 0 Å². The Bertz CT molecular complexity index is 569. The zero-order valence-corrected chi connectivity index (χ0v) is 13.4. The van der Waals surface area contributed by atoms with E-state index in [-0.39, 0.29) is 5.82 Å². The molecule has 0 aliphatic carbocycles. The summed E-state index contributed by atoms with van der Waals surface area (Å²) in [5.41, 5.74) is 1.14. The molecule has 0 radical (unpaired) electrons. The molecule has 0 heterocycles. The van der Waals surface area contributed by atoms with Crippen LogP contribution in [0.15, 0.2) is 45.3 Å². The summed E-state index contributed by atoms with van der Waals surface area (Å²) in [6.07, 6.45) is 0. The number of rotatable bonds is 4. The largest absolute Gasteiger partial charge is 0.456 e. The van der Waals surface area contributed by atoms with Gasteiger partial charge < -0.3 is 10.1 Å². The molecule has 2 rings (SSSR count). The minimum Gasteiger partial charge on any atom is -0.456 e. The van der Waals surface area contributed by atoms with Gasteiger partial charge in [-0.15, -0.1) is 0 Å². The Hall–Kier alpha value is -0.910. The summed E-state index contributed by atoms with van der Waals surface area (Å²) >= 11 is 6.69. The van der Waals surface area contributed by atoms with Gasteiger partial charge in [0.1, 0.15) is 17.3 Å². The predicted molar refractivity (Wildman–Crippen MR) is 81.1 cm³/mol. The molecule has 0 amide bonds. The quantitative estimate of drug-likeness (QED) is 0.807. The summed E-state index contributed by atoms with van der Waals surface area (Å²) in [5, 5.41) is 3.08. The van der Waals surface area contributed by atoms with Gasteiger partial charge >= 0.3 is 0 Å². The molecule has 100 valence electrons. The third-order valence-corrected chi connectivity index (χ3v) is 3.52. The van der Waals surface area contributed by atoms with Crippen LogP contribution in [0.4, 0.5) is 4.39 Å². The first-order valence-electron chi connectivity index (χ1n) is 5.65. The minimum absolute atomic E-state index is 0.340. The van der Waals surface area contributed by atoms with Crippen molar-refractivity contribution in [2.24, 2.45) is 0 Å². The van der Waals surface area contributed by atoms with Gasteiger partial charge in [-0.1, -0.05) is 22.0 Å². The first-order valence-corrected chi connectivity index (χ1v) is 7.24. The molecular weight excluding hydrogens is 377 g/mol. The molecule has 0 saturated heterocycles. The van der Waals surface area contributed by atoms with Crippen molar-refractivity contribution in [3.63, 3.8) is 0 Å². The molecule has 0 spiro atoms. The van der Waals surface area contributed by atoms with Crippen LogP contribution in [0.3, 0.4) is 0 Å². The van der Waals surface area contributed by atoms with Crippen molar-refractivity contribution in [1.82, 2.24) is 5.32 Å². The highest BCUT2D eigenvalue weighted by Crippen LogP contribution is 2.32. The van der Waals surface area contributed by atoms with Gasteiger partial charge in [-0.05, 0) is 52.8 Å². The Balaban J connectivity index is 2.23. The monoisotopic (exact) mass is 387 g/mol. The molecule has 0 fully saturated rings. The van der Waals surface area contributed by atoms with Crippen LogP contribution >= 0.6 is 31.9 Å². The Kier molecular flexibility index (Phi) is 4.96. The lowest BCUT2D eigenvalue weighted by Gasteiger charge is -2.10. The van der Waals surface area contributed by atoms with E-state index in [0.717, 1.165) is 16.6 Å². The molecule has 19 heavy (non-hydrogen) atoms. The van der Waals surface area contributed by atoms with Crippen LogP contribution < -0.4 is 10.1 Å². The third kappa shape index (κ3) is 4.03. The Morgan fingerprint density at radius 1 is 1.16 bits per heavy atom. The Labute approximate surface area is 128 Å². The van der Waals surface area contributed by atoms with E-state index in [4.69, 9.17) is 4.74 Å². The Morgan fingerprint density at radius 3 is 2.58 bits per heavy atom. The number of halogens is 3. The van der Waals surface area contributed by atoms with Gasteiger partial charge in [-0.2, -0.15) is 0 Å². The van der Waals surface area contributed by atoms with E-state index in [1.165, 1.54) is 12.1 Å². The second kappa shape index (κ2) is 6.50. The van der Waals surface area contributed by atoms with Crippen molar-refractivity contribution >= 4 is 31.9 Å². The number of benzene rings is 2. The van der Waals surface area contributed by atoms with Crippen LogP contribution in [0.5, 0.6) is 11.5 Å². The van der Waals surface area contributed by atoms with Crippen molar-refractivity contribution in [3.05, 3.63) is 56.7 Å². The van der Waals surface area contributed by atoms with Crippen LogP contribution in [-0.2, 0) is 6.54 Å². The number of hydrogen-bond donors (Lipinski definition) is 1. The lowest BCUT2D eigenvalue weighted by Crippen LogP contribution is -2.04. The first kappa shape index (κ1) is 14.5. The summed E-state index contributed by atoms with van der Waals surface area (Å²) in [5.74, 6) is 0.763. The molecule has 0 bridgehead atoms. The second-order valence-electron chi connectivity index (χ2n) is 4.00. The molecule has 0 unspecified atom stereocenters. The van der Waals surface area contributed by atoms with Crippen molar-refractivity contribution in [2.75, 3.05) is 7.05 Å². The van der Waals surface area contributed by atoms with Gasteiger partial charge in [0, 0.05) is 17.1 Å². The third-order valence-electron chi connectivity index (χ3n) is 2.44. The zero-order valence-electron chi connectivity index (χ0n) is 10.2. The first-order chi connectivity index (χ1) is 9.08. The van der Waals surface area contributed by atoms with E-state index < -0.39 is 0 Å². The van der Waals surface area contributed by atoms with Crippen molar-refractivity contribution in [2.45, 2.75) is 6.54 Å². The van der Waals surface area contributed by atoms with Gasteiger partial charge in [0.05, 0.1) is 4.47 Å². The van der Waals surface area contributed by atoms with Crippen LogP contribution in [0.2, 0.25) is 0 Å². The highest BCUT2D eigenvalue weighted by atomic mass is 79.9. The lowest BCUT2D eigenvalue weighted by atomic mass is 10.2. The van der Waals surface area contributed by atoms with Crippen LogP contribution in [0, 0.1) is 5.82 Å². The van der Waals surface area contributed by atoms with Crippen LogP contribution in [0.25, 0.3) is 0 Å². The Morgan fingerprint density at radius 2 is 1.95 bits per heavy atom. The molecule has 1 N–H and O–H groups in total. The number of ether oxygens (including phenoxy) is 1. The van der Waals surface area contributed by atoms with E-state index in [1.54, 1.807) is 6.07 Å². The smallest absolute Gasteiger partial charge is 0.141 e. The fraction of sp³-hybridized carbons (Fsp3) is 0.143. The average Bonchev–Trinajstić information content (AvgIpc) is 2.32. The molecule has 5 heteroatoms. The fourth-order valence-corrected chi connectivity index (χ4v) is 2.61. The maximum Gasteiger partial charge on any atom is 0.141 e. The maximum absolute atomic E-state index is 13.3. The molecular formula is C14H12Br2FNO. The highest BCUT2D eigenvalue weighted by molar-refractivity contribution is 9.10. The molecule has 0 aliphatic rings. The van der Waals surface area contributed by atoms with Crippen molar-refractivity contribution in [1.29, 1.82) is 0 Å². The van der Waals surface area contributed by atoms with Crippen molar-refractivity contribution < 1.29 is 9.13 Å². The molecule has 0 aliphatic heterocycles. The van der Waals surface area contributed by atoms with E-state index in [1.807, 2.05) is 25.2 Å². The molecule has 2 nitrogen and oxygen atoms in total. The summed E-state index contributed by atoms with van der Waals surface area (Å²) < 4.78 is 20.4. The molecule has 2 aromatic rings. The van der Waals surface area contributed by atoms with Crippen LogP contribution in [-0.4, -0.2) is 7.05 Å². The normalized spacial score (nSPS) is 10.5. The van der Waals surface area contributed by atoms with Gasteiger partial charge in [-0.3, -0.25) is 0 Å². The van der Waals surface area contributed by atoms with Crippen LogP contribution in [0.1, 0.15) is 5.56 Å². The van der Waals surface area contributed by atoms with Gasteiger partial charge in [-0.25, -0.2) is 4.39 Å². The van der Waals surface area contributed by atoms with Crippen molar-refractivity contribution in [3.8, 4) is 11.5 Å². The summed E-state index contributed by atoms with van der Waals surface area (Å²) in [6, 6.07) is 10.2. The summed E-state index contributed by atoms with van der Waals surface area (Å²) in [7, 11) is 1.89. The second-order valence-corrected chi connectivity index (χ2v) is 5.77. The fourth-order valence-electron chi connectivity index (χ4n) is 1.66. The van der Waals surface area contributed by atoms with Gasteiger partial charge in [0.15, 0.2) is 0 Å². The molecule has 2 aromatic carbocycles.